The van der Waals surface area contributed by atoms with E-state index in [0.29, 0.717) is 6.54 Å². The second-order valence-corrected chi connectivity index (χ2v) is 3.78. The van der Waals surface area contributed by atoms with Gasteiger partial charge in [0.2, 0.25) is 5.91 Å². The molecular formula is C10H18N4O2. The molecule has 90 valence electrons. The largest absolute Gasteiger partial charge is 0.383 e. The summed E-state index contributed by atoms with van der Waals surface area (Å²) in [6.07, 6.45) is 3.59. The molecule has 0 aliphatic rings. The molecule has 0 fully saturated rings. The van der Waals surface area contributed by atoms with Gasteiger partial charge < -0.3 is 15.4 Å². The first-order valence-electron chi connectivity index (χ1n) is 5.01. The predicted molar refractivity (Wildman–Crippen MR) is 59.5 cm³/mol. The van der Waals surface area contributed by atoms with Crippen molar-refractivity contribution in [3.63, 3.8) is 0 Å². The van der Waals surface area contributed by atoms with Crippen LogP contribution in [0, 0.1) is 0 Å². The van der Waals surface area contributed by atoms with Crippen LogP contribution in [0.25, 0.3) is 0 Å². The molecule has 0 aliphatic carbocycles. The molecule has 16 heavy (non-hydrogen) atoms. The van der Waals surface area contributed by atoms with E-state index < -0.39 is 6.04 Å². The molecule has 1 atom stereocenters. The average Bonchev–Trinajstić information content (AvgIpc) is 2.63. The Kier molecular flexibility index (Phi) is 4.45. The number of hydrogen-bond donors (Lipinski definition) is 1. The van der Waals surface area contributed by atoms with Gasteiger partial charge in [-0.3, -0.25) is 9.48 Å². The van der Waals surface area contributed by atoms with Crippen LogP contribution in [0.1, 0.15) is 5.56 Å². The van der Waals surface area contributed by atoms with Gasteiger partial charge in [-0.1, -0.05) is 0 Å². The zero-order valence-electron chi connectivity index (χ0n) is 9.88. The zero-order chi connectivity index (χ0) is 12.1. The molecular weight excluding hydrogens is 208 g/mol. The van der Waals surface area contributed by atoms with Crippen LogP contribution in [0.3, 0.4) is 0 Å². The quantitative estimate of drug-likeness (QED) is 0.724. The van der Waals surface area contributed by atoms with Crippen molar-refractivity contribution in [1.82, 2.24) is 14.7 Å². The first-order chi connectivity index (χ1) is 7.54. The molecule has 2 N–H and O–H groups in total. The van der Waals surface area contributed by atoms with Gasteiger partial charge >= 0.3 is 0 Å². The maximum absolute atomic E-state index is 11.7. The number of amides is 1. The van der Waals surface area contributed by atoms with Crippen LogP contribution < -0.4 is 5.73 Å². The molecule has 0 saturated carbocycles. The number of methoxy groups -OCH3 is 1. The minimum Gasteiger partial charge on any atom is -0.383 e. The monoisotopic (exact) mass is 226 g/mol. The summed E-state index contributed by atoms with van der Waals surface area (Å²) in [5.74, 6) is -0.134. The molecule has 1 amide bonds. The number of ether oxygens (including phenoxy) is 1. The van der Waals surface area contributed by atoms with Crippen molar-refractivity contribution in [2.45, 2.75) is 12.6 Å². The van der Waals surface area contributed by atoms with E-state index in [1.807, 2.05) is 13.2 Å². The van der Waals surface area contributed by atoms with Crippen molar-refractivity contribution in [2.75, 3.05) is 20.8 Å². The van der Waals surface area contributed by atoms with Crippen LogP contribution in [-0.4, -0.2) is 47.4 Å². The van der Waals surface area contributed by atoms with E-state index in [-0.39, 0.29) is 12.5 Å². The Hall–Kier alpha value is -1.40. The van der Waals surface area contributed by atoms with Crippen LogP contribution in [0.2, 0.25) is 0 Å². The van der Waals surface area contributed by atoms with Crippen LogP contribution in [0.15, 0.2) is 12.4 Å². The molecule has 1 rings (SSSR count). The van der Waals surface area contributed by atoms with E-state index >= 15 is 0 Å². The highest BCUT2D eigenvalue weighted by molar-refractivity contribution is 5.81. The number of aryl methyl sites for hydroxylation is 1. The fourth-order valence-corrected chi connectivity index (χ4v) is 1.44. The van der Waals surface area contributed by atoms with Gasteiger partial charge in [-0.25, -0.2) is 0 Å². The molecule has 1 heterocycles. The highest BCUT2D eigenvalue weighted by Crippen LogP contribution is 2.02. The van der Waals surface area contributed by atoms with Crippen molar-refractivity contribution in [1.29, 1.82) is 0 Å². The van der Waals surface area contributed by atoms with Crippen molar-refractivity contribution >= 4 is 5.91 Å². The zero-order valence-corrected chi connectivity index (χ0v) is 9.88. The Morgan fingerprint density at radius 3 is 2.94 bits per heavy atom. The number of carbonyl (C=O) groups excluding carboxylic acids is 1. The Morgan fingerprint density at radius 2 is 2.44 bits per heavy atom. The fraction of sp³-hybridized carbons (Fsp3) is 0.600. The van der Waals surface area contributed by atoms with Gasteiger partial charge in [-0.05, 0) is 0 Å². The molecule has 1 aromatic heterocycles. The van der Waals surface area contributed by atoms with Crippen molar-refractivity contribution in [3.8, 4) is 0 Å². The topological polar surface area (TPSA) is 73.4 Å². The third-order valence-electron chi connectivity index (χ3n) is 2.22. The van der Waals surface area contributed by atoms with Gasteiger partial charge in [-0.15, -0.1) is 0 Å². The summed E-state index contributed by atoms with van der Waals surface area (Å²) in [5, 5.41) is 4.03. The number of carbonyl (C=O) groups is 1. The Morgan fingerprint density at radius 1 is 1.75 bits per heavy atom. The molecule has 0 bridgehead atoms. The normalized spacial score (nSPS) is 12.5. The molecule has 1 aromatic rings. The number of aromatic nitrogens is 2. The third-order valence-corrected chi connectivity index (χ3v) is 2.22. The van der Waals surface area contributed by atoms with Gasteiger partial charge in [0.15, 0.2) is 0 Å². The lowest BCUT2D eigenvalue weighted by Crippen LogP contribution is -2.44. The van der Waals surface area contributed by atoms with E-state index in [1.54, 1.807) is 22.8 Å². The molecule has 0 saturated heterocycles. The number of nitrogens with two attached hydrogens (primary N) is 1. The number of rotatable bonds is 5. The lowest BCUT2D eigenvalue weighted by atomic mass is 10.2. The number of hydrogen-bond acceptors (Lipinski definition) is 4. The summed E-state index contributed by atoms with van der Waals surface area (Å²) in [6, 6.07) is -0.605. The summed E-state index contributed by atoms with van der Waals surface area (Å²) in [7, 11) is 5.07. The summed E-state index contributed by atoms with van der Waals surface area (Å²) in [4.78, 5) is 13.3. The summed E-state index contributed by atoms with van der Waals surface area (Å²) in [6.45, 7) is 0.736. The Balaban J connectivity index is 2.51. The van der Waals surface area contributed by atoms with Crippen LogP contribution in [0.5, 0.6) is 0 Å². The molecule has 0 radical (unpaired) electrons. The van der Waals surface area contributed by atoms with Crippen molar-refractivity contribution in [2.24, 2.45) is 12.8 Å². The summed E-state index contributed by atoms with van der Waals surface area (Å²) >= 11 is 0. The molecule has 0 aliphatic heterocycles. The lowest BCUT2D eigenvalue weighted by molar-refractivity contribution is -0.132. The molecule has 0 spiro atoms. The van der Waals surface area contributed by atoms with E-state index in [4.69, 9.17) is 10.5 Å². The smallest absolute Gasteiger partial charge is 0.241 e. The van der Waals surface area contributed by atoms with Gasteiger partial charge in [-0.2, -0.15) is 5.10 Å². The van der Waals surface area contributed by atoms with Crippen molar-refractivity contribution in [3.05, 3.63) is 18.0 Å². The summed E-state index contributed by atoms with van der Waals surface area (Å²) < 4.78 is 6.54. The van der Waals surface area contributed by atoms with Gasteiger partial charge in [0.05, 0.1) is 12.8 Å². The maximum Gasteiger partial charge on any atom is 0.241 e. The van der Waals surface area contributed by atoms with Gasteiger partial charge in [0.1, 0.15) is 6.04 Å². The SMILES string of the molecule is COCC(N)C(=O)N(C)Cc1cnn(C)c1. The summed E-state index contributed by atoms with van der Waals surface area (Å²) in [5.41, 5.74) is 6.63. The Labute approximate surface area is 95.0 Å². The van der Waals surface area contributed by atoms with E-state index in [0.717, 1.165) is 5.56 Å². The van der Waals surface area contributed by atoms with Crippen LogP contribution in [0.4, 0.5) is 0 Å². The standard InChI is InChI=1S/C10H18N4O2/c1-13(10(15)9(11)7-16-3)5-8-4-12-14(2)6-8/h4,6,9H,5,7,11H2,1-3H3. The predicted octanol–water partition coefficient (Wildman–Crippen LogP) is -0.648. The Bertz CT molecular complexity index is 350. The number of nitrogens with zero attached hydrogens (tertiary/aromatic N) is 3. The van der Waals surface area contributed by atoms with E-state index in [1.165, 1.54) is 7.11 Å². The maximum atomic E-state index is 11.7. The van der Waals surface area contributed by atoms with Crippen molar-refractivity contribution < 1.29 is 9.53 Å². The minimum atomic E-state index is -0.605. The average molecular weight is 226 g/mol. The highest BCUT2D eigenvalue weighted by Gasteiger charge is 2.18. The second-order valence-electron chi connectivity index (χ2n) is 3.78. The van der Waals surface area contributed by atoms with E-state index in [2.05, 4.69) is 5.10 Å². The number of likely N-dealkylation sites (N-methyl/N-ethyl adjacent to an activating group) is 1. The first kappa shape index (κ1) is 12.7. The fourth-order valence-electron chi connectivity index (χ4n) is 1.44. The molecule has 0 aromatic carbocycles. The van der Waals surface area contributed by atoms with E-state index in [9.17, 15) is 4.79 Å². The molecule has 6 nitrogen and oxygen atoms in total. The highest BCUT2D eigenvalue weighted by atomic mass is 16.5. The minimum absolute atomic E-state index is 0.134. The third kappa shape index (κ3) is 3.32. The molecule has 1 unspecified atom stereocenters. The van der Waals surface area contributed by atoms with Crippen LogP contribution in [-0.2, 0) is 23.1 Å². The first-order valence-corrected chi connectivity index (χ1v) is 5.01. The van der Waals surface area contributed by atoms with Gasteiger partial charge in [0, 0.05) is 39.5 Å². The lowest BCUT2D eigenvalue weighted by Gasteiger charge is -2.20. The van der Waals surface area contributed by atoms with Gasteiger partial charge in [0.25, 0.3) is 0 Å². The second kappa shape index (κ2) is 5.62. The molecule has 6 heteroatoms. The van der Waals surface area contributed by atoms with Crippen LogP contribution >= 0.6 is 0 Å².